The third-order valence-corrected chi connectivity index (χ3v) is 5.93. The quantitative estimate of drug-likeness (QED) is 0.394. The van der Waals surface area contributed by atoms with Crippen LogP contribution in [0.4, 0.5) is 0 Å². The molecule has 3 rings (SSSR count). The number of rotatable bonds is 10. The zero-order valence-corrected chi connectivity index (χ0v) is 21.9. The van der Waals surface area contributed by atoms with Gasteiger partial charge < -0.3 is 24.1 Å². The number of benzene rings is 2. The minimum atomic E-state index is -0.756. The zero-order chi connectivity index (χ0) is 26.5. The number of carbonyl (C=O) groups excluding carboxylic acids is 2. The number of methoxy groups -OCH3 is 3. The topological polar surface area (TPSA) is 99.9 Å². The normalized spacial score (nSPS) is 11.6. The smallest absolute Gasteiger partial charge is 0.311 e. The van der Waals surface area contributed by atoms with Gasteiger partial charge in [0.05, 0.1) is 38.7 Å². The highest BCUT2D eigenvalue weighted by molar-refractivity contribution is 5.87. The molecule has 0 fully saturated rings. The first kappa shape index (κ1) is 26.8. The van der Waals surface area contributed by atoms with Crippen LogP contribution in [0.2, 0.25) is 0 Å². The summed E-state index contributed by atoms with van der Waals surface area (Å²) in [7, 11) is 4.58. The molecule has 1 amide bonds. The van der Waals surface area contributed by atoms with Crippen molar-refractivity contribution < 1.29 is 28.3 Å². The summed E-state index contributed by atoms with van der Waals surface area (Å²) in [6.07, 6.45) is 0.379. The van der Waals surface area contributed by atoms with E-state index >= 15 is 0 Å². The van der Waals surface area contributed by atoms with Crippen LogP contribution in [0, 0.1) is 5.41 Å². The Bertz CT molecular complexity index is 1190. The second-order valence-corrected chi connectivity index (χ2v) is 9.95. The monoisotopic (exact) mass is 494 g/mol. The Kier molecular flexibility index (Phi) is 8.07. The fourth-order valence-electron chi connectivity index (χ4n) is 4.51. The molecule has 0 radical (unpaired) electrons. The predicted molar refractivity (Wildman–Crippen MR) is 137 cm³/mol. The van der Waals surface area contributed by atoms with Crippen molar-refractivity contribution in [1.82, 2.24) is 10.5 Å². The largest absolute Gasteiger partial charge is 0.497 e. The molecule has 192 valence electrons. The number of ether oxygens (including phenoxy) is 3. The van der Waals surface area contributed by atoms with Gasteiger partial charge in [-0.25, -0.2) is 0 Å². The molecule has 0 aliphatic rings. The van der Waals surface area contributed by atoms with Crippen molar-refractivity contribution in [2.45, 2.75) is 46.1 Å². The molecule has 0 spiro atoms. The molecule has 36 heavy (non-hydrogen) atoms. The Hall–Kier alpha value is -3.81. The lowest BCUT2D eigenvalue weighted by Crippen LogP contribution is -2.48. The standard InChI is InChI=1S/C28H34N2O6/c1-27(2,26(32)35-7)17-28(3,4)29-23(31)16-22-24(18-8-12-20(33-5)13-9-18)25(30-36-22)19-10-14-21(34-6)15-11-19/h8-15H,16-17H2,1-7H3,(H,29,31). The minimum Gasteiger partial charge on any atom is -0.497 e. The molecule has 2 aromatic carbocycles. The number of amides is 1. The number of hydrogen-bond acceptors (Lipinski definition) is 7. The van der Waals surface area contributed by atoms with E-state index < -0.39 is 11.0 Å². The Morgan fingerprint density at radius 1 is 0.861 bits per heavy atom. The van der Waals surface area contributed by atoms with Crippen LogP contribution in [0.1, 0.15) is 39.9 Å². The number of carbonyl (C=O) groups is 2. The van der Waals surface area contributed by atoms with Crippen LogP contribution in [0.5, 0.6) is 11.5 Å². The van der Waals surface area contributed by atoms with Gasteiger partial charge in [-0.3, -0.25) is 9.59 Å². The maximum atomic E-state index is 13.1. The molecule has 1 heterocycles. The van der Waals surface area contributed by atoms with E-state index in [9.17, 15) is 9.59 Å². The van der Waals surface area contributed by atoms with E-state index in [1.165, 1.54) is 7.11 Å². The predicted octanol–water partition coefficient (Wildman–Crippen LogP) is 5.05. The first-order valence-electron chi connectivity index (χ1n) is 11.7. The van der Waals surface area contributed by atoms with E-state index in [0.29, 0.717) is 17.9 Å². The number of esters is 1. The van der Waals surface area contributed by atoms with Gasteiger partial charge in [0.1, 0.15) is 17.2 Å². The first-order valence-corrected chi connectivity index (χ1v) is 11.7. The molecule has 1 N–H and O–H groups in total. The Balaban J connectivity index is 1.91. The zero-order valence-electron chi connectivity index (χ0n) is 21.9. The van der Waals surface area contributed by atoms with Crippen LogP contribution in [-0.4, -0.2) is 43.9 Å². The van der Waals surface area contributed by atoms with Crippen molar-refractivity contribution in [2.75, 3.05) is 21.3 Å². The number of nitrogens with zero attached hydrogens (tertiary/aromatic N) is 1. The molecule has 0 aliphatic heterocycles. The number of aromatic nitrogens is 1. The average Bonchev–Trinajstić information content (AvgIpc) is 3.25. The van der Waals surface area contributed by atoms with Gasteiger partial charge in [0.2, 0.25) is 5.91 Å². The van der Waals surface area contributed by atoms with E-state index in [1.807, 2.05) is 62.4 Å². The Morgan fingerprint density at radius 2 is 1.39 bits per heavy atom. The molecular formula is C28H34N2O6. The Morgan fingerprint density at radius 3 is 1.89 bits per heavy atom. The minimum absolute atomic E-state index is 0.0212. The SMILES string of the molecule is COC(=O)C(C)(C)CC(C)(C)NC(=O)Cc1onc(-c2ccc(OC)cc2)c1-c1ccc(OC)cc1. The van der Waals surface area contributed by atoms with Crippen molar-refractivity contribution >= 4 is 11.9 Å². The lowest BCUT2D eigenvalue weighted by Gasteiger charge is -2.33. The van der Waals surface area contributed by atoms with Crippen LogP contribution < -0.4 is 14.8 Å². The number of hydrogen-bond donors (Lipinski definition) is 1. The second kappa shape index (κ2) is 10.8. The average molecular weight is 495 g/mol. The summed E-state index contributed by atoms with van der Waals surface area (Å²) >= 11 is 0. The van der Waals surface area contributed by atoms with Crippen LogP contribution in [-0.2, 0) is 20.7 Å². The summed E-state index contributed by atoms with van der Waals surface area (Å²) in [6.45, 7) is 7.35. The molecular weight excluding hydrogens is 460 g/mol. The third-order valence-electron chi connectivity index (χ3n) is 5.93. The molecule has 0 saturated carbocycles. The molecule has 1 aromatic heterocycles. The fraction of sp³-hybridized carbons (Fsp3) is 0.393. The van der Waals surface area contributed by atoms with Crippen LogP contribution in [0.15, 0.2) is 53.1 Å². The van der Waals surface area contributed by atoms with E-state index in [1.54, 1.807) is 28.1 Å². The summed E-state index contributed by atoms with van der Waals surface area (Å²) in [5.41, 5.74) is 1.61. The van der Waals surface area contributed by atoms with Gasteiger partial charge in [-0.05, 0) is 76.1 Å². The first-order chi connectivity index (χ1) is 17.0. The van der Waals surface area contributed by atoms with Gasteiger partial charge in [0.25, 0.3) is 0 Å². The second-order valence-electron chi connectivity index (χ2n) is 9.95. The molecule has 0 saturated heterocycles. The Labute approximate surface area is 211 Å². The van der Waals surface area contributed by atoms with Gasteiger partial charge in [0, 0.05) is 11.1 Å². The van der Waals surface area contributed by atoms with Crippen LogP contribution in [0.3, 0.4) is 0 Å². The van der Waals surface area contributed by atoms with Crippen molar-refractivity contribution in [2.24, 2.45) is 5.41 Å². The van der Waals surface area contributed by atoms with Crippen molar-refractivity contribution in [3.63, 3.8) is 0 Å². The summed E-state index contributed by atoms with van der Waals surface area (Å²) in [5.74, 6) is 1.31. The number of nitrogens with one attached hydrogen (secondary N) is 1. The molecule has 3 aromatic rings. The molecule has 8 heteroatoms. The van der Waals surface area contributed by atoms with E-state index in [4.69, 9.17) is 18.7 Å². The van der Waals surface area contributed by atoms with E-state index in [2.05, 4.69) is 10.5 Å². The highest BCUT2D eigenvalue weighted by atomic mass is 16.5. The van der Waals surface area contributed by atoms with Crippen LogP contribution >= 0.6 is 0 Å². The highest BCUT2D eigenvalue weighted by Gasteiger charge is 2.36. The summed E-state index contributed by atoms with van der Waals surface area (Å²) in [5, 5.41) is 7.35. The summed E-state index contributed by atoms with van der Waals surface area (Å²) in [6, 6.07) is 15.0. The molecule has 8 nitrogen and oxygen atoms in total. The third kappa shape index (κ3) is 6.24. The van der Waals surface area contributed by atoms with E-state index in [0.717, 1.165) is 28.2 Å². The van der Waals surface area contributed by atoms with Crippen molar-refractivity contribution in [3.05, 3.63) is 54.3 Å². The lowest BCUT2D eigenvalue weighted by molar-refractivity contribution is -0.152. The molecule has 0 bridgehead atoms. The van der Waals surface area contributed by atoms with Crippen molar-refractivity contribution in [1.29, 1.82) is 0 Å². The fourth-order valence-corrected chi connectivity index (χ4v) is 4.51. The molecule has 0 atom stereocenters. The molecule has 0 unspecified atom stereocenters. The van der Waals surface area contributed by atoms with Gasteiger partial charge in [-0.15, -0.1) is 0 Å². The highest BCUT2D eigenvalue weighted by Crippen LogP contribution is 2.36. The van der Waals surface area contributed by atoms with Crippen molar-refractivity contribution in [3.8, 4) is 33.9 Å². The van der Waals surface area contributed by atoms with Crippen LogP contribution in [0.25, 0.3) is 22.4 Å². The lowest BCUT2D eigenvalue weighted by atomic mass is 9.80. The van der Waals surface area contributed by atoms with Gasteiger partial charge in [-0.1, -0.05) is 17.3 Å². The summed E-state index contributed by atoms with van der Waals surface area (Å²) in [4.78, 5) is 25.3. The maximum absolute atomic E-state index is 13.1. The maximum Gasteiger partial charge on any atom is 0.311 e. The summed E-state index contributed by atoms with van der Waals surface area (Å²) < 4.78 is 21.2. The van der Waals surface area contributed by atoms with E-state index in [-0.39, 0.29) is 18.3 Å². The van der Waals surface area contributed by atoms with Gasteiger partial charge >= 0.3 is 5.97 Å². The molecule has 0 aliphatic carbocycles. The van der Waals surface area contributed by atoms with Gasteiger partial charge in [0.15, 0.2) is 5.76 Å². The van der Waals surface area contributed by atoms with Gasteiger partial charge in [-0.2, -0.15) is 0 Å².